The first-order chi connectivity index (χ1) is 13.1. The molecule has 0 unspecified atom stereocenters. The average molecular weight is 370 g/mol. The minimum Gasteiger partial charge on any atom is -0.342 e. The lowest BCUT2D eigenvalue weighted by atomic mass is 9.96. The van der Waals surface area contributed by atoms with Crippen LogP contribution in [0.1, 0.15) is 30.5 Å². The van der Waals surface area contributed by atoms with Gasteiger partial charge in [0.1, 0.15) is 18.0 Å². The van der Waals surface area contributed by atoms with Crippen LogP contribution >= 0.6 is 0 Å². The smallest absolute Gasteiger partial charge is 0.230 e. The van der Waals surface area contributed by atoms with Crippen LogP contribution in [0.3, 0.4) is 0 Å². The van der Waals surface area contributed by atoms with Crippen molar-refractivity contribution in [2.45, 2.75) is 25.2 Å². The molecule has 0 saturated carbocycles. The molecule has 1 aromatic carbocycles. The highest BCUT2D eigenvalue weighted by Gasteiger charge is 2.28. The van der Waals surface area contributed by atoms with Crippen LogP contribution in [-0.2, 0) is 18.3 Å². The van der Waals surface area contributed by atoms with Crippen LogP contribution < -0.4 is 0 Å². The molecule has 3 aromatic rings. The second kappa shape index (κ2) is 7.26. The molecular weight excluding hydrogens is 351 g/mol. The Kier molecular flexibility index (Phi) is 4.66. The van der Waals surface area contributed by atoms with Crippen molar-refractivity contribution in [2.75, 3.05) is 13.1 Å². The quantitative estimate of drug-likeness (QED) is 0.697. The zero-order valence-electron chi connectivity index (χ0n) is 14.9. The zero-order chi connectivity index (χ0) is 18.8. The molecule has 2 aromatic heterocycles. The third-order valence-electron chi connectivity index (χ3n) is 4.86. The molecule has 3 heterocycles. The van der Waals surface area contributed by atoms with Crippen molar-refractivity contribution in [3.8, 4) is 11.4 Å². The second-order valence-corrected chi connectivity index (χ2v) is 6.65. The summed E-state index contributed by atoms with van der Waals surface area (Å²) in [4.78, 5) is 18.7. The molecule has 9 heteroatoms. The number of carbonyl (C=O) groups excluding carboxylic acids is 1. The first kappa shape index (κ1) is 17.3. The normalized spacial score (nSPS) is 15.3. The van der Waals surface area contributed by atoms with Gasteiger partial charge in [-0.25, -0.2) is 4.39 Å². The van der Waals surface area contributed by atoms with E-state index in [4.69, 9.17) is 4.52 Å². The van der Waals surface area contributed by atoms with E-state index in [-0.39, 0.29) is 24.1 Å². The molecule has 140 valence electrons. The average Bonchev–Trinajstić information content (AvgIpc) is 3.32. The Bertz CT molecular complexity index is 927. The standard InChI is InChI=1S/C18H19FN6O2/c1-24-11-20-22-15(24)10-16(26)25-8-6-13(7-9-25)18-21-17(23-27-18)12-2-4-14(19)5-3-12/h2-5,11,13H,6-10H2,1H3. The highest BCUT2D eigenvalue weighted by atomic mass is 19.1. The number of rotatable bonds is 4. The summed E-state index contributed by atoms with van der Waals surface area (Å²) in [5, 5.41) is 11.8. The SMILES string of the molecule is Cn1cnnc1CC(=O)N1CCC(c2nc(-c3ccc(F)cc3)no2)CC1. The van der Waals surface area contributed by atoms with Gasteiger partial charge in [0.25, 0.3) is 0 Å². The largest absolute Gasteiger partial charge is 0.342 e. The van der Waals surface area contributed by atoms with Gasteiger partial charge in [0.05, 0.1) is 6.42 Å². The Morgan fingerprint density at radius 1 is 1.26 bits per heavy atom. The van der Waals surface area contributed by atoms with E-state index >= 15 is 0 Å². The Morgan fingerprint density at radius 2 is 2.00 bits per heavy atom. The number of nitrogens with zero attached hydrogens (tertiary/aromatic N) is 6. The fourth-order valence-corrected chi connectivity index (χ4v) is 3.21. The maximum atomic E-state index is 13.0. The molecule has 1 fully saturated rings. The monoisotopic (exact) mass is 370 g/mol. The molecule has 0 N–H and O–H groups in total. The van der Waals surface area contributed by atoms with Crippen LogP contribution in [0.4, 0.5) is 4.39 Å². The van der Waals surface area contributed by atoms with Crippen LogP contribution in [0.5, 0.6) is 0 Å². The van der Waals surface area contributed by atoms with E-state index < -0.39 is 0 Å². The lowest BCUT2D eigenvalue weighted by molar-refractivity contribution is -0.131. The van der Waals surface area contributed by atoms with Gasteiger partial charge in [0.15, 0.2) is 0 Å². The summed E-state index contributed by atoms with van der Waals surface area (Å²) >= 11 is 0. The van der Waals surface area contributed by atoms with E-state index in [1.807, 2.05) is 11.9 Å². The van der Waals surface area contributed by atoms with Gasteiger partial charge in [-0.15, -0.1) is 10.2 Å². The molecule has 0 atom stereocenters. The number of aromatic nitrogens is 5. The van der Waals surface area contributed by atoms with Crippen LogP contribution in [0.2, 0.25) is 0 Å². The first-order valence-electron chi connectivity index (χ1n) is 8.80. The molecular formula is C18H19FN6O2. The predicted octanol–water partition coefficient (Wildman–Crippen LogP) is 1.95. The van der Waals surface area contributed by atoms with Crippen molar-refractivity contribution < 1.29 is 13.7 Å². The number of hydrogen-bond acceptors (Lipinski definition) is 6. The molecule has 4 rings (SSSR count). The van der Waals surface area contributed by atoms with Gasteiger partial charge in [-0.1, -0.05) is 5.16 Å². The third kappa shape index (κ3) is 3.71. The number of likely N-dealkylation sites (tertiary alicyclic amines) is 1. The number of halogens is 1. The zero-order valence-corrected chi connectivity index (χ0v) is 14.9. The maximum Gasteiger partial charge on any atom is 0.230 e. The summed E-state index contributed by atoms with van der Waals surface area (Å²) in [5.74, 6) is 1.52. The lowest BCUT2D eigenvalue weighted by Crippen LogP contribution is -2.39. The van der Waals surface area contributed by atoms with Crippen LogP contribution in [0.25, 0.3) is 11.4 Å². The summed E-state index contributed by atoms with van der Waals surface area (Å²) in [6, 6.07) is 5.98. The minimum atomic E-state index is -0.305. The van der Waals surface area contributed by atoms with E-state index in [0.29, 0.717) is 36.2 Å². The van der Waals surface area contributed by atoms with E-state index in [9.17, 15) is 9.18 Å². The molecule has 1 aliphatic rings. The van der Waals surface area contributed by atoms with Crippen molar-refractivity contribution in [3.63, 3.8) is 0 Å². The van der Waals surface area contributed by atoms with Crippen LogP contribution in [0.15, 0.2) is 35.1 Å². The van der Waals surface area contributed by atoms with Gasteiger partial charge >= 0.3 is 0 Å². The summed E-state index contributed by atoms with van der Waals surface area (Å²) in [6.07, 6.45) is 3.35. The van der Waals surface area contributed by atoms with Crippen molar-refractivity contribution in [3.05, 3.63) is 48.1 Å². The van der Waals surface area contributed by atoms with Gasteiger partial charge in [-0.2, -0.15) is 4.98 Å². The second-order valence-electron chi connectivity index (χ2n) is 6.65. The third-order valence-corrected chi connectivity index (χ3v) is 4.86. The van der Waals surface area contributed by atoms with Gasteiger partial charge in [-0.05, 0) is 37.1 Å². The summed E-state index contributed by atoms with van der Waals surface area (Å²) in [6.45, 7) is 1.27. The number of piperidine rings is 1. The van der Waals surface area contributed by atoms with Crippen LogP contribution in [-0.4, -0.2) is 48.8 Å². The number of carbonyl (C=O) groups is 1. The van der Waals surface area contributed by atoms with Crippen molar-refractivity contribution >= 4 is 5.91 Å². The molecule has 0 radical (unpaired) electrons. The topological polar surface area (TPSA) is 89.9 Å². The Hall–Kier alpha value is -3.10. The minimum absolute atomic E-state index is 0.0436. The molecule has 0 aliphatic carbocycles. The lowest BCUT2D eigenvalue weighted by Gasteiger charge is -2.30. The summed E-state index contributed by atoms with van der Waals surface area (Å²) in [7, 11) is 1.82. The van der Waals surface area contributed by atoms with E-state index in [2.05, 4.69) is 20.3 Å². The number of benzene rings is 1. The fourth-order valence-electron chi connectivity index (χ4n) is 3.21. The molecule has 1 saturated heterocycles. The Morgan fingerprint density at radius 3 is 2.67 bits per heavy atom. The number of aryl methyl sites for hydroxylation is 1. The van der Waals surface area contributed by atoms with Gasteiger partial charge in [0, 0.05) is 31.6 Å². The summed E-state index contributed by atoms with van der Waals surface area (Å²) in [5.41, 5.74) is 0.711. The molecule has 0 bridgehead atoms. The maximum absolute atomic E-state index is 13.0. The van der Waals surface area contributed by atoms with E-state index in [1.165, 1.54) is 12.1 Å². The van der Waals surface area contributed by atoms with Gasteiger partial charge in [0.2, 0.25) is 17.6 Å². The van der Waals surface area contributed by atoms with E-state index in [0.717, 1.165) is 12.8 Å². The highest BCUT2D eigenvalue weighted by molar-refractivity contribution is 5.78. The van der Waals surface area contributed by atoms with Crippen molar-refractivity contribution in [2.24, 2.45) is 7.05 Å². The van der Waals surface area contributed by atoms with Crippen molar-refractivity contribution in [1.29, 1.82) is 0 Å². The highest BCUT2D eigenvalue weighted by Crippen LogP contribution is 2.28. The van der Waals surface area contributed by atoms with Crippen LogP contribution in [0, 0.1) is 5.82 Å². The van der Waals surface area contributed by atoms with Gasteiger partial charge in [-0.3, -0.25) is 4.79 Å². The Labute approximate surface area is 155 Å². The molecule has 8 nitrogen and oxygen atoms in total. The number of hydrogen-bond donors (Lipinski definition) is 0. The molecule has 0 spiro atoms. The first-order valence-corrected chi connectivity index (χ1v) is 8.80. The summed E-state index contributed by atoms with van der Waals surface area (Å²) < 4.78 is 20.2. The fraction of sp³-hybridized carbons (Fsp3) is 0.389. The predicted molar refractivity (Wildman–Crippen MR) is 93.0 cm³/mol. The molecule has 1 amide bonds. The Balaban J connectivity index is 1.36. The van der Waals surface area contributed by atoms with Gasteiger partial charge < -0.3 is 14.0 Å². The molecule has 27 heavy (non-hydrogen) atoms. The molecule has 1 aliphatic heterocycles. The number of amides is 1. The van der Waals surface area contributed by atoms with Crippen molar-refractivity contribution in [1.82, 2.24) is 29.8 Å². The van der Waals surface area contributed by atoms with E-state index in [1.54, 1.807) is 23.0 Å².